The van der Waals surface area contributed by atoms with Crippen LogP contribution in [-0.2, 0) is 12.8 Å². The molecule has 5 nitrogen and oxygen atoms in total. The molecule has 1 N–H and O–H groups in total. The molecule has 0 unspecified atom stereocenters. The lowest BCUT2D eigenvalue weighted by molar-refractivity contribution is 0.0948. The molecule has 1 aromatic carbocycles. The van der Waals surface area contributed by atoms with E-state index < -0.39 is 0 Å². The first-order valence-corrected chi connectivity index (χ1v) is 7.54. The van der Waals surface area contributed by atoms with E-state index in [2.05, 4.69) is 10.2 Å². The fourth-order valence-electron chi connectivity index (χ4n) is 2.91. The van der Waals surface area contributed by atoms with Gasteiger partial charge in [0.1, 0.15) is 11.5 Å². The van der Waals surface area contributed by atoms with Crippen molar-refractivity contribution < 1.29 is 14.3 Å². The second-order valence-corrected chi connectivity index (χ2v) is 5.83. The Labute approximate surface area is 125 Å². The minimum absolute atomic E-state index is 0.0331. The van der Waals surface area contributed by atoms with Crippen LogP contribution in [-0.4, -0.2) is 51.2 Å². The van der Waals surface area contributed by atoms with Crippen LogP contribution in [0.5, 0.6) is 11.5 Å². The van der Waals surface area contributed by atoms with Gasteiger partial charge in [-0.3, -0.25) is 4.79 Å². The Kier molecular flexibility index (Phi) is 4.01. The van der Waals surface area contributed by atoms with Crippen LogP contribution in [0.25, 0.3) is 0 Å². The van der Waals surface area contributed by atoms with E-state index in [1.54, 1.807) is 0 Å². The molecule has 5 heteroatoms. The van der Waals surface area contributed by atoms with Crippen LogP contribution >= 0.6 is 0 Å². The molecular formula is C16H22N2O3. The van der Waals surface area contributed by atoms with Crippen LogP contribution in [0, 0.1) is 0 Å². The third kappa shape index (κ3) is 2.83. The van der Waals surface area contributed by atoms with Crippen LogP contribution in [0.4, 0.5) is 0 Å². The van der Waals surface area contributed by atoms with Crippen LogP contribution in [0.15, 0.2) is 6.07 Å². The minimum atomic E-state index is -0.0331. The Morgan fingerprint density at radius 1 is 1.29 bits per heavy atom. The third-order valence-corrected chi connectivity index (χ3v) is 3.95. The van der Waals surface area contributed by atoms with Crippen LogP contribution in [0.1, 0.15) is 27.9 Å². The molecule has 1 amide bonds. The first-order valence-electron chi connectivity index (χ1n) is 7.54. The van der Waals surface area contributed by atoms with Crippen molar-refractivity contribution >= 4 is 5.91 Å². The summed E-state index contributed by atoms with van der Waals surface area (Å²) in [5.41, 5.74) is 2.79. The van der Waals surface area contributed by atoms with Gasteiger partial charge in [-0.15, -0.1) is 0 Å². The summed E-state index contributed by atoms with van der Waals surface area (Å²) >= 11 is 0. The molecule has 3 rings (SSSR count). The van der Waals surface area contributed by atoms with E-state index >= 15 is 0 Å². The minimum Gasteiger partial charge on any atom is -0.493 e. The maximum atomic E-state index is 12.5. The third-order valence-electron chi connectivity index (χ3n) is 3.95. The maximum Gasteiger partial charge on any atom is 0.255 e. The number of benzene rings is 1. The summed E-state index contributed by atoms with van der Waals surface area (Å²) in [6.07, 6.45) is 2.58. The standard InChI is InChI=1S/C16H22N2O3/c1-18(2)7-3-6-17-16(19)14-12-5-9-20-13(12)10-11-4-8-21-15(11)14/h10H,3-9H2,1-2H3,(H,17,19). The topological polar surface area (TPSA) is 50.8 Å². The summed E-state index contributed by atoms with van der Waals surface area (Å²) in [5.74, 6) is 1.59. The maximum absolute atomic E-state index is 12.5. The summed E-state index contributed by atoms with van der Waals surface area (Å²) in [6, 6.07) is 2.04. The zero-order chi connectivity index (χ0) is 14.8. The van der Waals surface area contributed by atoms with Gasteiger partial charge in [0.15, 0.2) is 0 Å². The second-order valence-electron chi connectivity index (χ2n) is 5.83. The number of hydrogen-bond donors (Lipinski definition) is 1. The highest BCUT2D eigenvalue weighted by Crippen LogP contribution is 2.40. The number of fused-ring (bicyclic) bond motifs is 2. The highest BCUT2D eigenvalue weighted by molar-refractivity contribution is 6.00. The Morgan fingerprint density at radius 2 is 2.10 bits per heavy atom. The van der Waals surface area contributed by atoms with E-state index in [1.165, 1.54) is 0 Å². The normalized spacial score (nSPS) is 15.4. The molecule has 0 saturated carbocycles. The van der Waals surface area contributed by atoms with E-state index in [0.29, 0.717) is 25.3 Å². The summed E-state index contributed by atoms with van der Waals surface area (Å²) in [7, 11) is 4.06. The SMILES string of the molecule is CN(C)CCCNC(=O)c1c2c(cc3c1OCC3)OCC2. The largest absolute Gasteiger partial charge is 0.493 e. The highest BCUT2D eigenvalue weighted by atomic mass is 16.5. The first kappa shape index (κ1) is 14.2. The van der Waals surface area contributed by atoms with E-state index in [4.69, 9.17) is 9.47 Å². The van der Waals surface area contributed by atoms with Crippen LogP contribution in [0.2, 0.25) is 0 Å². The fourth-order valence-corrected chi connectivity index (χ4v) is 2.91. The van der Waals surface area contributed by atoms with E-state index in [9.17, 15) is 4.79 Å². The number of carbonyl (C=O) groups excluding carboxylic acids is 1. The lowest BCUT2D eigenvalue weighted by Gasteiger charge is -2.14. The summed E-state index contributed by atoms with van der Waals surface area (Å²) in [4.78, 5) is 14.7. The molecule has 2 heterocycles. The van der Waals surface area contributed by atoms with Gasteiger partial charge in [0.25, 0.3) is 5.91 Å². The average molecular weight is 290 g/mol. The average Bonchev–Trinajstić information content (AvgIpc) is 3.08. The number of rotatable bonds is 5. The molecule has 0 atom stereocenters. The molecule has 2 aliphatic rings. The lowest BCUT2D eigenvalue weighted by Crippen LogP contribution is -2.28. The van der Waals surface area contributed by atoms with Gasteiger partial charge in [0.2, 0.25) is 0 Å². The molecule has 0 spiro atoms. The van der Waals surface area contributed by atoms with Crippen LogP contribution in [0.3, 0.4) is 0 Å². The number of amides is 1. The number of nitrogens with one attached hydrogen (secondary N) is 1. The fraction of sp³-hybridized carbons (Fsp3) is 0.562. The molecule has 0 aliphatic carbocycles. The van der Waals surface area contributed by atoms with Crippen molar-refractivity contribution in [2.24, 2.45) is 0 Å². The summed E-state index contributed by atoms with van der Waals surface area (Å²) < 4.78 is 11.3. The molecule has 1 aromatic rings. The zero-order valence-electron chi connectivity index (χ0n) is 12.7. The van der Waals surface area contributed by atoms with Gasteiger partial charge >= 0.3 is 0 Å². The molecule has 2 aliphatic heterocycles. The van der Waals surface area contributed by atoms with Crippen molar-refractivity contribution in [1.82, 2.24) is 10.2 Å². The quantitative estimate of drug-likeness (QED) is 0.829. The number of ether oxygens (including phenoxy) is 2. The molecule has 0 saturated heterocycles. The Balaban J connectivity index is 1.77. The molecular weight excluding hydrogens is 268 g/mol. The predicted octanol–water partition coefficient (Wildman–Crippen LogP) is 1.24. The van der Waals surface area contributed by atoms with Crippen molar-refractivity contribution in [3.8, 4) is 11.5 Å². The van der Waals surface area contributed by atoms with Gasteiger partial charge < -0.3 is 19.7 Å². The Bertz CT molecular complexity index is 523. The smallest absolute Gasteiger partial charge is 0.255 e. The molecule has 21 heavy (non-hydrogen) atoms. The van der Waals surface area contributed by atoms with Crippen molar-refractivity contribution in [1.29, 1.82) is 0 Å². The van der Waals surface area contributed by atoms with Gasteiger partial charge in [-0.05, 0) is 33.1 Å². The van der Waals surface area contributed by atoms with Gasteiger partial charge in [-0.2, -0.15) is 0 Å². The van der Waals surface area contributed by atoms with E-state index in [-0.39, 0.29) is 5.91 Å². The van der Waals surface area contributed by atoms with Gasteiger partial charge in [-0.25, -0.2) is 0 Å². The highest BCUT2D eigenvalue weighted by Gasteiger charge is 2.29. The van der Waals surface area contributed by atoms with Gasteiger partial charge in [-0.1, -0.05) is 0 Å². The molecule has 0 radical (unpaired) electrons. The van der Waals surface area contributed by atoms with Crippen molar-refractivity contribution in [2.45, 2.75) is 19.3 Å². The van der Waals surface area contributed by atoms with Gasteiger partial charge in [0.05, 0.1) is 18.8 Å². The van der Waals surface area contributed by atoms with Crippen molar-refractivity contribution in [2.75, 3.05) is 40.4 Å². The van der Waals surface area contributed by atoms with E-state index in [0.717, 1.165) is 48.4 Å². The number of hydrogen-bond acceptors (Lipinski definition) is 4. The second kappa shape index (κ2) is 5.93. The summed E-state index contributed by atoms with van der Waals surface area (Å²) in [6.45, 7) is 2.94. The van der Waals surface area contributed by atoms with E-state index in [1.807, 2.05) is 20.2 Å². The zero-order valence-corrected chi connectivity index (χ0v) is 12.7. The monoisotopic (exact) mass is 290 g/mol. The molecule has 0 fully saturated rings. The molecule has 114 valence electrons. The number of nitrogens with zero attached hydrogens (tertiary/aromatic N) is 1. The van der Waals surface area contributed by atoms with Crippen molar-refractivity contribution in [3.63, 3.8) is 0 Å². The summed E-state index contributed by atoms with van der Waals surface area (Å²) in [5, 5.41) is 3.01. The lowest BCUT2D eigenvalue weighted by atomic mass is 9.99. The molecule has 0 aromatic heterocycles. The molecule has 0 bridgehead atoms. The Hall–Kier alpha value is -1.75. The predicted molar refractivity (Wildman–Crippen MR) is 80.3 cm³/mol. The Morgan fingerprint density at radius 3 is 2.90 bits per heavy atom. The number of carbonyl (C=O) groups is 1. The van der Waals surface area contributed by atoms with Crippen LogP contribution < -0.4 is 14.8 Å². The van der Waals surface area contributed by atoms with Crippen molar-refractivity contribution in [3.05, 3.63) is 22.8 Å². The first-order chi connectivity index (χ1) is 10.2. The van der Waals surface area contributed by atoms with Gasteiger partial charge in [0, 0.05) is 30.5 Å².